The van der Waals surface area contributed by atoms with Crippen LogP contribution >= 0.6 is 21.6 Å². The van der Waals surface area contributed by atoms with Gasteiger partial charge in [0.15, 0.2) is 0 Å². The van der Waals surface area contributed by atoms with Crippen molar-refractivity contribution in [3.05, 3.63) is 12.2 Å². The highest BCUT2D eigenvalue weighted by atomic mass is 33.1. The Labute approximate surface area is 235 Å². The van der Waals surface area contributed by atoms with E-state index in [0.29, 0.717) is 25.0 Å². The number of hydrogen-bond donors (Lipinski definition) is 4. The number of hydrogen-bond acceptors (Lipinski definition) is 10. The fourth-order valence-electron chi connectivity index (χ4n) is 3.89. The number of allylic oxidation sites excluding steroid dienone is 1. The molecule has 0 aromatic carbocycles. The first kappa shape index (κ1) is 30.8. The van der Waals surface area contributed by atoms with Crippen molar-refractivity contribution in [1.82, 2.24) is 21.3 Å². The fraction of sp³-hybridized carbons (Fsp3) is 0.680. The van der Waals surface area contributed by atoms with Gasteiger partial charge in [0.1, 0.15) is 35.9 Å². The fourth-order valence-corrected chi connectivity index (χ4v) is 6.05. The third-order valence-corrected chi connectivity index (χ3v) is 8.43. The molecule has 2 bridgehead atoms. The van der Waals surface area contributed by atoms with Gasteiger partial charge >= 0.3 is 11.9 Å². The van der Waals surface area contributed by atoms with Crippen LogP contribution in [0.1, 0.15) is 59.3 Å². The van der Waals surface area contributed by atoms with Crippen LogP contribution in [0.5, 0.6) is 0 Å². The maximum Gasteiger partial charge on any atom is 0.326 e. The Kier molecular flexibility index (Phi) is 10.7. The molecular weight excluding hydrogens is 548 g/mol. The Morgan fingerprint density at radius 1 is 1.10 bits per heavy atom. The molecule has 0 radical (unpaired) electrons. The number of carbonyl (C=O) groups excluding carboxylic acids is 6. The minimum absolute atomic E-state index is 0.0741. The zero-order valence-electron chi connectivity index (χ0n) is 22.3. The summed E-state index contributed by atoms with van der Waals surface area (Å²) in [6.07, 6.45) is 3.37. The lowest BCUT2D eigenvalue weighted by molar-refractivity contribution is -0.155. The van der Waals surface area contributed by atoms with Gasteiger partial charge in [-0.05, 0) is 52.5 Å². The molecular formula is C25H36N4O8S2. The van der Waals surface area contributed by atoms with Gasteiger partial charge in [-0.2, -0.15) is 0 Å². The van der Waals surface area contributed by atoms with Crippen LogP contribution in [0.15, 0.2) is 12.2 Å². The van der Waals surface area contributed by atoms with Crippen LogP contribution in [-0.2, 0) is 38.2 Å². The van der Waals surface area contributed by atoms with Gasteiger partial charge in [-0.3, -0.25) is 28.8 Å². The largest absolute Gasteiger partial charge is 0.460 e. The molecule has 0 aromatic rings. The number of esters is 2. The highest BCUT2D eigenvalue weighted by molar-refractivity contribution is 8.76. The lowest BCUT2D eigenvalue weighted by Gasteiger charge is -2.26. The second kappa shape index (κ2) is 13.6. The van der Waals surface area contributed by atoms with Gasteiger partial charge in [-0.15, -0.1) is 0 Å². The van der Waals surface area contributed by atoms with Crippen LogP contribution in [0.2, 0.25) is 0 Å². The minimum Gasteiger partial charge on any atom is -0.460 e. The minimum atomic E-state index is -1.16. The molecule has 0 aromatic heterocycles. The van der Waals surface area contributed by atoms with Gasteiger partial charge in [0.25, 0.3) is 0 Å². The summed E-state index contributed by atoms with van der Waals surface area (Å²) in [5, 5.41) is 10.5. The number of fused-ring (bicyclic) bond motifs is 7. The van der Waals surface area contributed by atoms with Gasteiger partial charge < -0.3 is 30.7 Å². The van der Waals surface area contributed by atoms with Crippen molar-refractivity contribution in [2.75, 3.05) is 18.1 Å². The summed E-state index contributed by atoms with van der Waals surface area (Å²) in [5.41, 5.74) is -1.88. The third-order valence-electron chi connectivity index (χ3n) is 5.99. The summed E-state index contributed by atoms with van der Waals surface area (Å²) in [7, 11) is 2.89. The van der Waals surface area contributed by atoms with E-state index < -0.39 is 71.4 Å². The van der Waals surface area contributed by atoms with Gasteiger partial charge in [0.05, 0.1) is 6.42 Å². The van der Waals surface area contributed by atoms with Crippen molar-refractivity contribution in [2.45, 2.75) is 88.6 Å². The van der Waals surface area contributed by atoms with E-state index in [1.54, 1.807) is 32.9 Å². The molecule has 216 valence electrons. The number of nitrogens with one attached hydrogen (secondary N) is 4. The van der Waals surface area contributed by atoms with Gasteiger partial charge in [0, 0.05) is 17.9 Å². The van der Waals surface area contributed by atoms with Crippen LogP contribution in [-0.4, -0.2) is 82.9 Å². The monoisotopic (exact) mass is 584 g/mol. The quantitative estimate of drug-likeness (QED) is 0.208. The van der Waals surface area contributed by atoms with E-state index in [2.05, 4.69) is 21.3 Å². The van der Waals surface area contributed by atoms with E-state index in [1.165, 1.54) is 21.6 Å². The smallest absolute Gasteiger partial charge is 0.326 e. The SMILES string of the molecule is CC(C)(C)OC(=O)CCC1NC(=O)C[C@@H]2/C=C/CCSSC[C@H](NC1=O)C(=O)NC1(CC1)C(=O)NCC(=O)O2. The molecule has 12 nitrogen and oxygen atoms in total. The molecule has 1 aliphatic carbocycles. The standard InChI is InChI=1S/C25H36N4O8S2/c1-24(2,3)37-19(31)8-7-16-21(33)28-17-14-39-38-11-5-4-6-15(12-18(30)27-16)36-20(32)13-26-23(35)25(9-10-25)29-22(17)34/h4,6,15-17H,5,7-14H2,1-3H3,(H,26,35)(H,27,30)(H,28,33)(H,29,34)/b6-4+/t15-,16?,17-/m0/s1. The molecule has 3 atom stereocenters. The average Bonchev–Trinajstić information content (AvgIpc) is 3.61. The van der Waals surface area contributed by atoms with E-state index in [4.69, 9.17) is 9.47 Å². The molecule has 1 unspecified atom stereocenters. The van der Waals surface area contributed by atoms with E-state index >= 15 is 0 Å². The molecule has 1 saturated heterocycles. The topological polar surface area (TPSA) is 169 Å². The molecule has 3 aliphatic rings. The van der Waals surface area contributed by atoms with Crippen molar-refractivity contribution >= 4 is 57.2 Å². The Bertz CT molecular complexity index is 1010. The Balaban J connectivity index is 1.89. The van der Waals surface area contributed by atoms with E-state index in [0.717, 1.165) is 0 Å². The van der Waals surface area contributed by atoms with Gasteiger partial charge in [0.2, 0.25) is 23.6 Å². The van der Waals surface area contributed by atoms with Gasteiger partial charge in [-0.1, -0.05) is 27.7 Å². The molecule has 2 fully saturated rings. The molecule has 1 saturated carbocycles. The number of carbonyl (C=O) groups is 6. The van der Waals surface area contributed by atoms with E-state index in [-0.39, 0.29) is 25.0 Å². The summed E-state index contributed by atoms with van der Waals surface area (Å²) in [6.45, 7) is 4.74. The second-order valence-electron chi connectivity index (χ2n) is 10.6. The summed E-state index contributed by atoms with van der Waals surface area (Å²) in [4.78, 5) is 77.1. The van der Waals surface area contributed by atoms with Crippen molar-refractivity contribution in [1.29, 1.82) is 0 Å². The molecule has 2 heterocycles. The average molecular weight is 585 g/mol. The number of ether oxygens (including phenoxy) is 2. The van der Waals surface area contributed by atoms with Crippen molar-refractivity contribution < 1.29 is 38.2 Å². The predicted molar refractivity (Wildman–Crippen MR) is 145 cm³/mol. The maximum atomic E-state index is 13.3. The lowest BCUT2D eigenvalue weighted by atomic mass is 10.1. The zero-order valence-corrected chi connectivity index (χ0v) is 24.0. The van der Waals surface area contributed by atoms with Crippen LogP contribution in [0.3, 0.4) is 0 Å². The summed E-state index contributed by atoms with van der Waals surface area (Å²) >= 11 is 0. The van der Waals surface area contributed by atoms with Crippen LogP contribution in [0, 0.1) is 0 Å². The first-order valence-corrected chi connectivity index (χ1v) is 15.4. The summed E-state index contributed by atoms with van der Waals surface area (Å²) in [5.74, 6) is -2.71. The molecule has 39 heavy (non-hydrogen) atoms. The highest BCUT2D eigenvalue weighted by Gasteiger charge is 2.52. The molecule has 2 aliphatic heterocycles. The second-order valence-corrected chi connectivity index (χ2v) is 13.2. The molecule has 3 rings (SSSR count). The zero-order chi connectivity index (χ0) is 28.6. The van der Waals surface area contributed by atoms with Crippen LogP contribution in [0.25, 0.3) is 0 Å². The number of rotatable bonds is 3. The Morgan fingerprint density at radius 2 is 1.85 bits per heavy atom. The van der Waals surface area contributed by atoms with Crippen molar-refractivity contribution in [3.8, 4) is 0 Å². The van der Waals surface area contributed by atoms with Crippen molar-refractivity contribution in [3.63, 3.8) is 0 Å². The van der Waals surface area contributed by atoms with Crippen molar-refractivity contribution in [2.24, 2.45) is 0 Å². The van der Waals surface area contributed by atoms with E-state index in [9.17, 15) is 28.8 Å². The van der Waals surface area contributed by atoms with E-state index in [1.807, 2.05) is 0 Å². The Morgan fingerprint density at radius 3 is 2.54 bits per heavy atom. The predicted octanol–water partition coefficient (Wildman–Crippen LogP) is 0.500. The molecule has 4 amide bonds. The maximum absolute atomic E-state index is 13.3. The van der Waals surface area contributed by atoms with Gasteiger partial charge in [-0.25, -0.2) is 0 Å². The Hall–Kier alpha value is -2.74. The third kappa shape index (κ3) is 10.1. The molecule has 4 N–H and O–H groups in total. The lowest BCUT2D eigenvalue weighted by Crippen LogP contribution is -2.59. The first-order chi connectivity index (χ1) is 18.4. The summed E-state index contributed by atoms with van der Waals surface area (Å²) in [6, 6.07) is -2.16. The number of amides is 4. The van der Waals surface area contributed by atoms with Crippen LogP contribution in [0.4, 0.5) is 0 Å². The summed E-state index contributed by atoms with van der Waals surface area (Å²) < 4.78 is 10.8. The molecule has 1 spiro atoms. The normalized spacial score (nSPS) is 27.7. The highest BCUT2D eigenvalue weighted by Crippen LogP contribution is 2.36. The van der Waals surface area contributed by atoms with Crippen LogP contribution < -0.4 is 21.3 Å². The molecule has 14 heteroatoms. The first-order valence-electron chi connectivity index (χ1n) is 12.9.